The van der Waals surface area contributed by atoms with Crippen LogP contribution in [0.25, 0.3) is 10.2 Å². The summed E-state index contributed by atoms with van der Waals surface area (Å²) >= 11 is 2.96. The van der Waals surface area contributed by atoms with Gasteiger partial charge in [-0.15, -0.1) is 0 Å². The summed E-state index contributed by atoms with van der Waals surface area (Å²) < 4.78 is 8.27. The molecule has 0 unspecified atom stereocenters. The molecule has 0 radical (unpaired) electrons. The Balaban J connectivity index is 2.00. The number of rotatable bonds is 7. The number of nitrogens with zero attached hydrogens (tertiary/aromatic N) is 3. The van der Waals surface area contributed by atoms with Crippen molar-refractivity contribution in [3.05, 3.63) is 62.9 Å². The lowest BCUT2D eigenvalue weighted by atomic mass is 10.2. The highest BCUT2D eigenvalue weighted by molar-refractivity contribution is 7.98. The van der Waals surface area contributed by atoms with E-state index in [4.69, 9.17) is 4.74 Å². The van der Waals surface area contributed by atoms with Crippen LogP contribution in [-0.4, -0.2) is 33.5 Å². The average Bonchev–Trinajstić information content (AvgIpc) is 3.02. The number of hydrogen-bond acceptors (Lipinski definition) is 6. The van der Waals surface area contributed by atoms with Crippen molar-refractivity contribution in [2.75, 3.05) is 12.0 Å². The van der Waals surface area contributed by atoms with Gasteiger partial charge in [0.25, 0.3) is 11.6 Å². The van der Waals surface area contributed by atoms with E-state index in [1.54, 1.807) is 42.1 Å². The van der Waals surface area contributed by atoms with Crippen molar-refractivity contribution < 1.29 is 14.5 Å². The summed E-state index contributed by atoms with van der Waals surface area (Å²) in [5.41, 5.74) is 1.32. The van der Waals surface area contributed by atoms with Crippen molar-refractivity contribution in [2.45, 2.75) is 26.5 Å². The van der Waals surface area contributed by atoms with Crippen LogP contribution in [0.4, 0.5) is 5.69 Å². The van der Waals surface area contributed by atoms with Crippen molar-refractivity contribution in [1.82, 2.24) is 4.57 Å². The number of aryl methyl sites for hydroxylation is 1. The van der Waals surface area contributed by atoms with Crippen LogP contribution in [0.3, 0.4) is 0 Å². The third kappa shape index (κ3) is 5.04. The quantitative estimate of drug-likeness (QED) is 0.406. The molecule has 0 fully saturated rings. The molecule has 152 valence electrons. The predicted molar refractivity (Wildman–Crippen MR) is 117 cm³/mol. The molecule has 3 aromatic rings. The Bertz CT molecular complexity index is 1100. The lowest BCUT2D eigenvalue weighted by molar-refractivity contribution is -0.384. The monoisotopic (exact) mass is 431 g/mol. The van der Waals surface area contributed by atoms with E-state index in [1.165, 1.54) is 23.5 Å². The van der Waals surface area contributed by atoms with Crippen LogP contribution in [0, 0.1) is 10.1 Å². The first-order chi connectivity index (χ1) is 13.9. The Morgan fingerprint density at radius 3 is 2.62 bits per heavy atom. The summed E-state index contributed by atoms with van der Waals surface area (Å²) in [5.74, 6) is 1.17. The third-order valence-corrected chi connectivity index (χ3v) is 5.70. The number of carbonyl (C=O) groups excluding carboxylic acids is 1. The first-order valence-corrected chi connectivity index (χ1v) is 11.2. The van der Waals surface area contributed by atoms with Gasteiger partial charge in [-0.25, -0.2) is 0 Å². The first-order valence-electron chi connectivity index (χ1n) is 9.01. The zero-order chi connectivity index (χ0) is 21.0. The molecule has 1 heterocycles. The summed E-state index contributed by atoms with van der Waals surface area (Å²) in [6.45, 7) is 4.54. The molecule has 1 amide bonds. The minimum absolute atomic E-state index is 0.0226. The Kier molecular flexibility index (Phi) is 6.71. The van der Waals surface area contributed by atoms with Crippen LogP contribution < -0.4 is 9.54 Å². The molecule has 0 saturated carbocycles. The second kappa shape index (κ2) is 9.23. The van der Waals surface area contributed by atoms with Crippen molar-refractivity contribution >= 4 is 44.9 Å². The number of nitro benzene ring substituents is 1. The largest absolute Gasteiger partial charge is 0.491 e. The zero-order valence-electron chi connectivity index (χ0n) is 16.3. The molecule has 0 atom stereocenters. The molecule has 0 bridgehead atoms. The number of amides is 1. The van der Waals surface area contributed by atoms with Crippen LogP contribution in [0.15, 0.2) is 47.5 Å². The Morgan fingerprint density at radius 1 is 1.28 bits per heavy atom. The average molecular weight is 432 g/mol. The van der Waals surface area contributed by atoms with Crippen LogP contribution in [0.2, 0.25) is 0 Å². The smallest absolute Gasteiger partial charge is 0.279 e. The van der Waals surface area contributed by atoms with Gasteiger partial charge in [0.15, 0.2) is 4.80 Å². The minimum atomic E-state index is -0.422. The number of fused-ring (bicyclic) bond motifs is 1. The lowest BCUT2D eigenvalue weighted by Gasteiger charge is -2.09. The molecule has 0 aliphatic carbocycles. The number of aromatic nitrogens is 1. The summed E-state index contributed by atoms with van der Waals surface area (Å²) in [7, 11) is 0. The SMILES string of the molecule is CSCCn1c(=NC(=O)c2ccc(OC(C)C)cc2)sc2cc([N+](=O)[O-])ccc21. The fraction of sp³-hybridized carbons (Fsp3) is 0.300. The van der Waals surface area contributed by atoms with E-state index < -0.39 is 4.92 Å². The number of nitro groups is 1. The molecule has 3 rings (SSSR count). The Labute approximate surface area is 176 Å². The van der Waals surface area contributed by atoms with Crippen molar-refractivity contribution in [2.24, 2.45) is 4.99 Å². The third-order valence-electron chi connectivity index (χ3n) is 4.07. The summed E-state index contributed by atoms with van der Waals surface area (Å²) in [5, 5.41) is 11.1. The van der Waals surface area contributed by atoms with Gasteiger partial charge >= 0.3 is 0 Å². The van der Waals surface area contributed by atoms with Crippen LogP contribution in [0.5, 0.6) is 5.75 Å². The molecule has 2 aromatic carbocycles. The predicted octanol–water partition coefficient (Wildman–Crippen LogP) is 4.50. The van der Waals surface area contributed by atoms with Gasteiger partial charge in [-0.05, 0) is 50.4 Å². The molecule has 0 aliphatic rings. The molecule has 29 heavy (non-hydrogen) atoms. The molecule has 9 heteroatoms. The normalized spacial score (nSPS) is 11.9. The zero-order valence-corrected chi connectivity index (χ0v) is 18.0. The minimum Gasteiger partial charge on any atom is -0.491 e. The van der Waals surface area contributed by atoms with Crippen LogP contribution in [0.1, 0.15) is 24.2 Å². The van der Waals surface area contributed by atoms with Gasteiger partial charge < -0.3 is 9.30 Å². The van der Waals surface area contributed by atoms with E-state index in [1.807, 2.05) is 24.7 Å². The highest BCUT2D eigenvalue weighted by Gasteiger charge is 2.13. The number of benzene rings is 2. The van der Waals surface area contributed by atoms with Gasteiger partial charge in [0.2, 0.25) is 0 Å². The number of thioether (sulfide) groups is 1. The standard InChI is InChI=1S/C20H21N3O4S2/c1-13(2)27-16-7-4-14(5-8-16)19(24)21-20-22(10-11-28-3)17-9-6-15(23(25)26)12-18(17)29-20/h4-9,12-13H,10-11H2,1-3H3. The maximum atomic E-state index is 12.7. The molecular weight excluding hydrogens is 410 g/mol. The lowest BCUT2D eigenvalue weighted by Crippen LogP contribution is -2.18. The number of thiazole rings is 1. The Hall–Kier alpha value is -2.65. The van der Waals surface area contributed by atoms with Crippen molar-refractivity contribution in [1.29, 1.82) is 0 Å². The second-order valence-electron chi connectivity index (χ2n) is 6.55. The van der Waals surface area contributed by atoms with Crippen molar-refractivity contribution in [3.63, 3.8) is 0 Å². The Morgan fingerprint density at radius 2 is 2.00 bits per heavy atom. The van der Waals surface area contributed by atoms with Gasteiger partial charge in [0.05, 0.1) is 21.2 Å². The van der Waals surface area contributed by atoms with Crippen molar-refractivity contribution in [3.8, 4) is 5.75 Å². The maximum absolute atomic E-state index is 12.7. The summed E-state index contributed by atoms with van der Waals surface area (Å²) in [6, 6.07) is 11.6. The van der Waals surface area contributed by atoms with E-state index in [9.17, 15) is 14.9 Å². The van der Waals surface area contributed by atoms with Gasteiger partial charge in [-0.2, -0.15) is 16.8 Å². The topological polar surface area (TPSA) is 86.7 Å². The van der Waals surface area contributed by atoms with E-state index >= 15 is 0 Å². The van der Waals surface area contributed by atoms with Crippen LogP contribution >= 0.6 is 23.1 Å². The maximum Gasteiger partial charge on any atom is 0.279 e. The number of ether oxygens (including phenoxy) is 1. The van der Waals surface area contributed by atoms with E-state index in [0.717, 1.165) is 16.0 Å². The fourth-order valence-electron chi connectivity index (χ4n) is 2.76. The number of carbonyl (C=O) groups is 1. The molecule has 1 aromatic heterocycles. The second-order valence-corrected chi connectivity index (χ2v) is 8.54. The summed E-state index contributed by atoms with van der Waals surface area (Å²) in [4.78, 5) is 28.2. The van der Waals surface area contributed by atoms with Gasteiger partial charge in [-0.3, -0.25) is 14.9 Å². The highest BCUT2D eigenvalue weighted by Crippen LogP contribution is 2.23. The molecular formula is C20H21N3O4S2. The summed E-state index contributed by atoms with van der Waals surface area (Å²) in [6.07, 6.45) is 2.06. The number of hydrogen-bond donors (Lipinski definition) is 0. The molecule has 0 N–H and O–H groups in total. The molecule has 0 spiro atoms. The van der Waals surface area contributed by atoms with Gasteiger partial charge in [0.1, 0.15) is 5.75 Å². The first kappa shape index (κ1) is 21.1. The molecule has 7 nitrogen and oxygen atoms in total. The highest BCUT2D eigenvalue weighted by atomic mass is 32.2. The molecule has 0 aliphatic heterocycles. The van der Waals surface area contributed by atoms with E-state index in [2.05, 4.69) is 4.99 Å². The molecule has 0 saturated heterocycles. The van der Waals surface area contributed by atoms with Gasteiger partial charge in [-0.1, -0.05) is 11.3 Å². The van der Waals surface area contributed by atoms with E-state index in [0.29, 0.717) is 22.7 Å². The van der Waals surface area contributed by atoms with E-state index in [-0.39, 0.29) is 17.7 Å². The van der Waals surface area contributed by atoms with Gasteiger partial charge in [0, 0.05) is 30.0 Å². The fourth-order valence-corrected chi connectivity index (χ4v) is 4.21. The number of non-ortho nitro benzene ring substituents is 1. The van der Waals surface area contributed by atoms with Crippen LogP contribution in [-0.2, 0) is 6.54 Å².